The molecule has 1 fully saturated rings. The van der Waals surface area contributed by atoms with Crippen molar-refractivity contribution in [2.24, 2.45) is 5.92 Å². The van der Waals surface area contributed by atoms with Gasteiger partial charge in [0.05, 0.1) is 6.20 Å². The average molecular weight is 286 g/mol. The maximum atomic E-state index is 12.3. The van der Waals surface area contributed by atoms with Crippen molar-refractivity contribution >= 4 is 10.0 Å². The van der Waals surface area contributed by atoms with Gasteiger partial charge in [0.1, 0.15) is 4.90 Å². The molecule has 0 radical (unpaired) electrons. The van der Waals surface area contributed by atoms with Crippen LogP contribution in [0.5, 0.6) is 0 Å². The monoisotopic (exact) mass is 286 g/mol. The van der Waals surface area contributed by atoms with Gasteiger partial charge in [-0.1, -0.05) is 13.8 Å². The van der Waals surface area contributed by atoms with Crippen LogP contribution in [0.3, 0.4) is 0 Å². The van der Waals surface area contributed by atoms with Gasteiger partial charge in [0.2, 0.25) is 10.0 Å². The Bertz CT molecular complexity index is 526. The van der Waals surface area contributed by atoms with E-state index in [1.807, 2.05) is 6.92 Å². The van der Waals surface area contributed by atoms with E-state index >= 15 is 0 Å². The van der Waals surface area contributed by atoms with Gasteiger partial charge in [-0.25, -0.2) is 13.1 Å². The largest absolute Gasteiger partial charge is 0.302 e. The van der Waals surface area contributed by atoms with E-state index in [9.17, 15) is 8.42 Å². The third-order valence-corrected chi connectivity index (χ3v) is 5.13. The summed E-state index contributed by atoms with van der Waals surface area (Å²) in [4.78, 5) is 2.50. The molecule has 0 saturated carbocycles. The smallest absolute Gasteiger partial charge is 0.243 e. The third kappa shape index (κ3) is 3.16. The molecule has 2 rings (SSSR count). The molecule has 1 saturated heterocycles. The number of nitrogens with zero attached hydrogens (tertiary/aromatic N) is 3. The highest BCUT2D eigenvalue weighted by Gasteiger charge is 2.32. The highest BCUT2D eigenvalue weighted by atomic mass is 32.2. The molecule has 19 heavy (non-hydrogen) atoms. The number of aryl methyl sites for hydroxylation is 1. The lowest BCUT2D eigenvalue weighted by Crippen LogP contribution is -2.39. The molecule has 0 bridgehead atoms. The number of likely N-dealkylation sites (N-methyl/N-ethyl adjacent to an activating group) is 1. The Hall–Kier alpha value is -0.920. The van der Waals surface area contributed by atoms with Crippen LogP contribution in [0.4, 0.5) is 0 Å². The highest BCUT2D eigenvalue weighted by Crippen LogP contribution is 2.18. The fourth-order valence-corrected chi connectivity index (χ4v) is 3.69. The number of hydrogen-bond acceptors (Lipinski definition) is 4. The lowest BCUT2D eigenvalue weighted by atomic mass is 10.1. The summed E-state index contributed by atoms with van der Waals surface area (Å²) in [5.74, 6) is 0.330. The molecule has 108 valence electrons. The van der Waals surface area contributed by atoms with E-state index in [2.05, 4.69) is 28.6 Å². The topological polar surface area (TPSA) is 67.2 Å². The quantitative estimate of drug-likeness (QED) is 0.857. The van der Waals surface area contributed by atoms with Crippen molar-refractivity contribution in [3.63, 3.8) is 0 Å². The Labute approximate surface area is 114 Å². The van der Waals surface area contributed by atoms with Crippen LogP contribution in [-0.2, 0) is 16.6 Å². The van der Waals surface area contributed by atoms with Crippen LogP contribution < -0.4 is 4.72 Å². The predicted molar refractivity (Wildman–Crippen MR) is 73.3 cm³/mol. The van der Waals surface area contributed by atoms with E-state index in [1.165, 1.54) is 6.20 Å². The molecule has 0 aromatic carbocycles. The summed E-state index contributed by atoms with van der Waals surface area (Å²) < 4.78 is 29.0. The van der Waals surface area contributed by atoms with Gasteiger partial charge in [-0.3, -0.25) is 4.68 Å². The molecule has 1 aromatic rings. The molecule has 1 aliphatic rings. The van der Waals surface area contributed by atoms with Crippen LogP contribution in [-0.4, -0.2) is 48.8 Å². The molecule has 0 spiro atoms. The molecule has 1 N–H and O–H groups in total. The summed E-state index contributed by atoms with van der Waals surface area (Å²) in [6.07, 6.45) is 2.97. The molecule has 2 atom stereocenters. The minimum absolute atomic E-state index is 0.0186. The number of nitrogens with one attached hydrogen (secondary N) is 1. The van der Waals surface area contributed by atoms with Gasteiger partial charge in [0, 0.05) is 31.9 Å². The Morgan fingerprint density at radius 3 is 2.63 bits per heavy atom. The molecular weight excluding hydrogens is 264 g/mol. The number of likely N-dealkylation sites (tertiary alicyclic amines) is 1. The van der Waals surface area contributed by atoms with Gasteiger partial charge in [0.25, 0.3) is 0 Å². The Balaban J connectivity index is 2.09. The second-order valence-electron chi connectivity index (χ2n) is 5.09. The van der Waals surface area contributed by atoms with Crippen LogP contribution in [0.25, 0.3) is 0 Å². The number of sulfonamides is 1. The molecule has 1 aromatic heterocycles. The molecule has 7 heteroatoms. The summed E-state index contributed by atoms with van der Waals surface area (Å²) in [6, 6.07) is -0.0186. The van der Waals surface area contributed by atoms with Crippen molar-refractivity contribution in [1.82, 2.24) is 19.4 Å². The number of aromatic nitrogens is 2. The SMILES string of the molecule is CCN1C[C@@H](C)[C@@H](NS(=O)(=O)c2cnn(CC)c2)C1. The second kappa shape index (κ2) is 5.60. The zero-order chi connectivity index (χ0) is 14.0. The zero-order valence-electron chi connectivity index (χ0n) is 11.7. The van der Waals surface area contributed by atoms with Gasteiger partial charge in [-0.05, 0) is 19.4 Å². The molecular formula is C12H22N4O2S. The molecule has 0 unspecified atom stereocenters. The number of rotatable bonds is 5. The second-order valence-corrected chi connectivity index (χ2v) is 6.80. The van der Waals surface area contributed by atoms with Crippen molar-refractivity contribution in [2.75, 3.05) is 19.6 Å². The van der Waals surface area contributed by atoms with Crippen LogP contribution in [0.2, 0.25) is 0 Å². The Morgan fingerprint density at radius 1 is 1.37 bits per heavy atom. The first-order valence-corrected chi connectivity index (χ1v) is 8.21. The van der Waals surface area contributed by atoms with Crippen molar-refractivity contribution in [2.45, 2.75) is 38.3 Å². The lowest BCUT2D eigenvalue weighted by Gasteiger charge is -2.16. The first-order valence-electron chi connectivity index (χ1n) is 6.73. The van der Waals surface area contributed by atoms with Crippen LogP contribution in [0.15, 0.2) is 17.3 Å². The van der Waals surface area contributed by atoms with E-state index < -0.39 is 10.0 Å². The first kappa shape index (κ1) is 14.5. The van der Waals surface area contributed by atoms with Crippen molar-refractivity contribution < 1.29 is 8.42 Å². The molecule has 0 aliphatic carbocycles. The van der Waals surface area contributed by atoms with Crippen LogP contribution in [0.1, 0.15) is 20.8 Å². The lowest BCUT2D eigenvalue weighted by molar-refractivity contribution is 0.344. The molecule has 2 heterocycles. The van der Waals surface area contributed by atoms with E-state index in [4.69, 9.17) is 0 Å². The summed E-state index contributed by atoms with van der Waals surface area (Å²) >= 11 is 0. The van der Waals surface area contributed by atoms with Crippen LogP contribution >= 0.6 is 0 Å². The van der Waals surface area contributed by atoms with Crippen LogP contribution in [0, 0.1) is 5.92 Å². The highest BCUT2D eigenvalue weighted by molar-refractivity contribution is 7.89. The van der Waals surface area contributed by atoms with Crippen molar-refractivity contribution in [3.8, 4) is 0 Å². The van der Waals surface area contributed by atoms with Gasteiger partial charge in [0.15, 0.2) is 0 Å². The fourth-order valence-electron chi connectivity index (χ4n) is 2.40. The minimum Gasteiger partial charge on any atom is -0.302 e. The average Bonchev–Trinajstić information content (AvgIpc) is 2.97. The fraction of sp³-hybridized carbons (Fsp3) is 0.750. The van der Waals surface area contributed by atoms with E-state index in [1.54, 1.807) is 10.9 Å². The zero-order valence-corrected chi connectivity index (χ0v) is 12.5. The maximum absolute atomic E-state index is 12.3. The number of hydrogen-bond donors (Lipinski definition) is 1. The predicted octanol–water partition coefficient (Wildman–Crippen LogP) is 0.521. The Morgan fingerprint density at radius 2 is 2.11 bits per heavy atom. The van der Waals surface area contributed by atoms with E-state index in [-0.39, 0.29) is 10.9 Å². The molecule has 0 amide bonds. The summed E-state index contributed by atoms with van der Waals surface area (Å²) in [6.45, 7) is 9.44. The summed E-state index contributed by atoms with van der Waals surface area (Å²) in [7, 11) is -3.46. The van der Waals surface area contributed by atoms with Gasteiger partial charge in [-0.15, -0.1) is 0 Å². The third-order valence-electron chi connectivity index (χ3n) is 3.69. The molecule has 1 aliphatic heterocycles. The van der Waals surface area contributed by atoms with E-state index in [0.717, 1.165) is 19.6 Å². The summed E-state index contributed by atoms with van der Waals surface area (Å²) in [5, 5.41) is 4.01. The summed E-state index contributed by atoms with van der Waals surface area (Å²) in [5.41, 5.74) is 0. The normalized spacial score (nSPS) is 25.0. The van der Waals surface area contributed by atoms with E-state index in [0.29, 0.717) is 12.5 Å². The van der Waals surface area contributed by atoms with Gasteiger partial charge >= 0.3 is 0 Å². The Kier molecular flexibility index (Phi) is 4.27. The minimum atomic E-state index is -3.46. The van der Waals surface area contributed by atoms with Crippen molar-refractivity contribution in [3.05, 3.63) is 12.4 Å². The van der Waals surface area contributed by atoms with Gasteiger partial charge in [-0.2, -0.15) is 5.10 Å². The van der Waals surface area contributed by atoms with Gasteiger partial charge < -0.3 is 4.90 Å². The van der Waals surface area contributed by atoms with Crippen molar-refractivity contribution in [1.29, 1.82) is 0 Å². The molecule has 6 nitrogen and oxygen atoms in total. The first-order chi connectivity index (χ1) is 8.96. The maximum Gasteiger partial charge on any atom is 0.243 e. The standard InChI is InChI=1S/C12H22N4O2S/c1-4-15-7-10(3)12(9-15)14-19(17,18)11-6-13-16(5-2)8-11/h6,8,10,12,14H,4-5,7,9H2,1-3H3/t10-,12+/m1/s1.